The van der Waals surface area contributed by atoms with E-state index < -0.39 is 0 Å². The van der Waals surface area contributed by atoms with Crippen molar-refractivity contribution in [3.8, 4) is 5.75 Å². The smallest absolute Gasteiger partial charge is 0.230 e. The van der Waals surface area contributed by atoms with E-state index in [9.17, 15) is 9.18 Å². The Morgan fingerprint density at radius 2 is 1.90 bits per heavy atom. The van der Waals surface area contributed by atoms with Crippen LogP contribution >= 0.6 is 11.6 Å². The summed E-state index contributed by atoms with van der Waals surface area (Å²) in [5.41, 5.74) is 1.34. The Labute approximate surface area is 173 Å². The van der Waals surface area contributed by atoms with E-state index in [1.165, 1.54) is 12.1 Å². The van der Waals surface area contributed by atoms with Crippen molar-refractivity contribution < 1.29 is 18.4 Å². The molecule has 152 valence electrons. The second-order valence-corrected chi connectivity index (χ2v) is 8.13. The van der Waals surface area contributed by atoms with E-state index in [1.807, 2.05) is 32.9 Å². The summed E-state index contributed by atoms with van der Waals surface area (Å²) in [6, 6.07) is 13.1. The van der Waals surface area contributed by atoms with E-state index >= 15 is 0 Å². The molecule has 2 aromatic carbocycles. The summed E-state index contributed by atoms with van der Waals surface area (Å²) in [7, 11) is 0. The third-order valence-electron chi connectivity index (χ3n) is 4.21. The van der Waals surface area contributed by atoms with Gasteiger partial charge in [0.1, 0.15) is 23.9 Å². The molecule has 1 heterocycles. The van der Waals surface area contributed by atoms with E-state index in [0.29, 0.717) is 27.9 Å². The molecule has 3 aromatic rings. The third kappa shape index (κ3) is 5.81. The molecule has 7 heteroatoms. The molecular formula is C22H22ClFN2O3. The van der Waals surface area contributed by atoms with Crippen LogP contribution in [0.15, 0.2) is 53.1 Å². The molecule has 0 atom stereocenters. The van der Waals surface area contributed by atoms with Gasteiger partial charge in [-0.1, -0.05) is 55.7 Å². The molecule has 0 radical (unpaired) electrons. The van der Waals surface area contributed by atoms with Gasteiger partial charge in [-0.15, -0.1) is 0 Å². The van der Waals surface area contributed by atoms with Crippen molar-refractivity contribution in [3.05, 3.63) is 76.3 Å². The Kier molecular flexibility index (Phi) is 6.23. The second kappa shape index (κ2) is 8.66. The molecule has 0 unspecified atom stereocenters. The van der Waals surface area contributed by atoms with Crippen LogP contribution in [0.4, 0.5) is 10.2 Å². The zero-order valence-corrected chi connectivity index (χ0v) is 17.2. The fourth-order valence-corrected chi connectivity index (χ4v) is 2.79. The van der Waals surface area contributed by atoms with Gasteiger partial charge in [-0.3, -0.25) is 4.79 Å². The molecule has 0 fully saturated rings. The molecule has 3 rings (SSSR count). The van der Waals surface area contributed by atoms with Gasteiger partial charge in [0.05, 0.1) is 11.4 Å². The van der Waals surface area contributed by atoms with E-state index in [4.69, 9.17) is 20.9 Å². The topological polar surface area (TPSA) is 64.4 Å². The van der Waals surface area contributed by atoms with Gasteiger partial charge in [-0.25, -0.2) is 4.39 Å². The summed E-state index contributed by atoms with van der Waals surface area (Å²) in [6.07, 6.45) is 0.196. The average Bonchev–Trinajstić information content (AvgIpc) is 3.11. The highest BCUT2D eigenvalue weighted by molar-refractivity contribution is 6.31. The molecule has 0 bridgehead atoms. The molecule has 1 aromatic heterocycles. The number of carbonyl (C=O) groups excluding carboxylic acids is 1. The fraction of sp³-hybridized carbons (Fsp3) is 0.273. The number of nitrogens with one attached hydrogen (secondary N) is 1. The Morgan fingerprint density at radius 1 is 1.17 bits per heavy atom. The molecule has 0 aliphatic rings. The highest BCUT2D eigenvalue weighted by atomic mass is 35.5. The zero-order chi connectivity index (χ0) is 21.0. The summed E-state index contributed by atoms with van der Waals surface area (Å²) >= 11 is 5.99. The first kappa shape index (κ1) is 20.9. The number of anilines is 1. The lowest BCUT2D eigenvalue weighted by Crippen LogP contribution is -2.14. The van der Waals surface area contributed by atoms with Crippen molar-refractivity contribution in [1.29, 1.82) is 0 Å². The number of hydrogen-bond donors (Lipinski definition) is 1. The monoisotopic (exact) mass is 416 g/mol. The molecule has 1 N–H and O–H groups in total. The number of amides is 1. The number of rotatable bonds is 6. The molecule has 0 saturated carbocycles. The minimum Gasteiger partial charge on any atom is -0.489 e. The Bertz CT molecular complexity index is 994. The quantitative estimate of drug-likeness (QED) is 0.574. The van der Waals surface area contributed by atoms with Gasteiger partial charge < -0.3 is 14.6 Å². The standard InChI is InChI=1S/C22H22ClFN2O3/c1-22(2,3)19-12-20(26-29-19)25-21(27)10-14-4-8-17(9-5-14)28-13-15-6-7-16(24)11-18(15)23/h4-9,11-12H,10,13H2,1-3H3,(H,25,26,27). The van der Waals surface area contributed by atoms with E-state index in [2.05, 4.69) is 10.5 Å². The van der Waals surface area contributed by atoms with Crippen molar-refractivity contribution in [2.24, 2.45) is 0 Å². The van der Waals surface area contributed by atoms with Crippen LogP contribution in [0.2, 0.25) is 5.02 Å². The molecule has 29 heavy (non-hydrogen) atoms. The van der Waals surface area contributed by atoms with Crippen molar-refractivity contribution in [2.45, 2.75) is 39.2 Å². The van der Waals surface area contributed by atoms with Crippen molar-refractivity contribution in [2.75, 3.05) is 5.32 Å². The molecule has 0 aliphatic heterocycles. The lowest BCUT2D eigenvalue weighted by Gasteiger charge is -2.12. The normalized spacial score (nSPS) is 11.3. The van der Waals surface area contributed by atoms with Crippen LogP contribution in [-0.2, 0) is 23.2 Å². The van der Waals surface area contributed by atoms with Crippen LogP contribution in [0.5, 0.6) is 5.75 Å². The van der Waals surface area contributed by atoms with Crippen LogP contribution < -0.4 is 10.1 Å². The van der Waals surface area contributed by atoms with E-state index in [-0.39, 0.29) is 30.2 Å². The third-order valence-corrected chi connectivity index (χ3v) is 4.57. The number of halogens is 2. The van der Waals surface area contributed by atoms with Crippen LogP contribution in [-0.4, -0.2) is 11.1 Å². The largest absolute Gasteiger partial charge is 0.489 e. The Balaban J connectivity index is 1.53. The number of ether oxygens (including phenoxy) is 1. The number of aromatic nitrogens is 1. The van der Waals surface area contributed by atoms with Gasteiger partial charge in [0.25, 0.3) is 0 Å². The lowest BCUT2D eigenvalue weighted by atomic mass is 9.93. The number of hydrogen-bond acceptors (Lipinski definition) is 4. The SMILES string of the molecule is CC(C)(C)c1cc(NC(=O)Cc2ccc(OCc3ccc(F)cc3Cl)cc2)no1. The first-order valence-electron chi connectivity index (χ1n) is 9.13. The van der Waals surface area contributed by atoms with Crippen LogP contribution in [0, 0.1) is 5.82 Å². The van der Waals surface area contributed by atoms with Crippen LogP contribution in [0.1, 0.15) is 37.7 Å². The summed E-state index contributed by atoms with van der Waals surface area (Å²) in [5.74, 6) is 1.15. The van der Waals surface area contributed by atoms with Gasteiger partial charge in [0.2, 0.25) is 5.91 Å². The highest BCUT2D eigenvalue weighted by Gasteiger charge is 2.20. The zero-order valence-electron chi connectivity index (χ0n) is 16.5. The molecular weight excluding hydrogens is 395 g/mol. The minimum absolute atomic E-state index is 0.177. The molecule has 5 nitrogen and oxygen atoms in total. The van der Waals surface area contributed by atoms with Crippen LogP contribution in [0.25, 0.3) is 0 Å². The van der Waals surface area contributed by atoms with Crippen molar-refractivity contribution in [3.63, 3.8) is 0 Å². The van der Waals surface area contributed by atoms with Gasteiger partial charge >= 0.3 is 0 Å². The highest BCUT2D eigenvalue weighted by Crippen LogP contribution is 2.24. The number of benzene rings is 2. The van der Waals surface area contributed by atoms with E-state index in [1.54, 1.807) is 24.3 Å². The van der Waals surface area contributed by atoms with Gasteiger partial charge in [0.15, 0.2) is 5.82 Å². The lowest BCUT2D eigenvalue weighted by molar-refractivity contribution is -0.115. The summed E-state index contributed by atoms with van der Waals surface area (Å²) in [6.45, 7) is 6.24. The predicted molar refractivity (Wildman–Crippen MR) is 110 cm³/mol. The first-order valence-corrected chi connectivity index (χ1v) is 9.51. The Morgan fingerprint density at radius 3 is 2.52 bits per heavy atom. The van der Waals surface area contributed by atoms with Crippen molar-refractivity contribution >= 4 is 23.3 Å². The first-order chi connectivity index (χ1) is 13.7. The predicted octanol–water partition coefficient (Wildman–Crippen LogP) is 5.52. The Hall–Kier alpha value is -2.86. The number of carbonyl (C=O) groups is 1. The summed E-state index contributed by atoms with van der Waals surface area (Å²) in [5, 5.41) is 6.94. The summed E-state index contributed by atoms with van der Waals surface area (Å²) < 4.78 is 24.0. The van der Waals surface area contributed by atoms with Gasteiger partial charge in [-0.2, -0.15) is 0 Å². The maximum Gasteiger partial charge on any atom is 0.230 e. The molecule has 0 aliphatic carbocycles. The molecule has 0 spiro atoms. The van der Waals surface area contributed by atoms with Crippen molar-refractivity contribution in [1.82, 2.24) is 5.16 Å². The fourth-order valence-electron chi connectivity index (χ4n) is 2.56. The maximum atomic E-state index is 13.1. The van der Waals surface area contributed by atoms with Gasteiger partial charge in [0, 0.05) is 17.0 Å². The average molecular weight is 417 g/mol. The molecule has 1 amide bonds. The summed E-state index contributed by atoms with van der Waals surface area (Å²) in [4.78, 5) is 12.2. The van der Waals surface area contributed by atoms with Gasteiger partial charge in [-0.05, 0) is 29.8 Å². The molecule has 0 saturated heterocycles. The van der Waals surface area contributed by atoms with E-state index in [0.717, 1.165) is 5.56 Å². The minimum atomic E-state index is -0.387. The number of nitrogens with zero attached hydrogens (tertiary/aromatic N) is 1. The second-order valence-electron chi connectivity index (χ2n) is 7.72. The maximum absolute atomic E-state index is 13.1. The van der Waals surface area contributed by atoms with Crippen LogP contribution in [0.3, 0.4) is 0 Å².